The molecule has 1 aliphatic rings. The predicted octanol–water partition coefficient (Wildman–Crippen LogP) is 3.33. The van der Waals surface area contributed by atoms with Gasteiger partial charge in [-0.15, -0.1) is 0 Å². The Balaban J connectivity index is 1.73. The van der Waals surface area contributed by atoms with E-state index in [9.17, 15) is 30.0 Å². The van der Waals surface area contributed by atoms with Gasteiger partial charge in [0.25, 0.3) is 0 Å². The van der Waals surface area contributed by atoms with Gasteiger partial charge < -0.3 is 35.8 Å². The molecule has 0 radical (unpaired) electrons. The van der Waals surface area contributed by atoms with Crippen LogP contribution in [0.1, 0.15) is 58.1 Å². The summed E-state index contributed by atoms with van der Waals surface area (Å²) >= 11 is 0. The molecule has 0 aliphatic heterocycles. The number of nitrogens with one attached hydrogen (secondary N) is 2. The minimum Gasteiger partial charge on any atom is -0.465 e. The van der Waals surface area contributed by atoms with Gasteiger partial charge in [-0.1, -0.05) is 60.7 Å². The second-order valence-corrected chi connectivity index (χ2v) is 12.4. The number of carbonyl (C=O) groups is 2. The van der Waals surface area contributed by atoms with E-state index in [2.05, 4.69) is 10.6 Å². The van der Waals surface area contributed by atoms with Gasteiger partial charge in [0.2, 0.25) is 0 Å². The molecule has 0 saturated heterocycles. The number of ether oxygens (including phenoxy) is 1. The third-order valence-corrected chi connectivity index (χ3v) is 7.87. The van der Waals surface area contributed by atoms with Crippen LogP contribution in [0.3, 0.4) is 0 Å². The fourth-order valence-corrected chi connectivity index (χ4v) is 5.67. The van der Waals surface area contributed by atoms with E-state index in [1.54, 1.807) is 27.7 Å². The number of amides is 2. The lowest BCUT2D eigenvalue weighted by Crippen LogP contribution is -2.63. The van der Waals surface area contributed by atoms with Gasteiger partial charge in [-0.2, -0.15) is 0 Å². The molecule has 0 spiro atoms. The molecular weight excluding hydrogens is 538 g/mol. The number of rotatable bonds is 13. The minimum absolute atomic E-state index is 0.0188. The van der Waals surface area contributed by atoms with Crippen LogP contribution >= 0.6 is 0 Å². The molecule has 6 N–H and O–H groups in total. The lowest BCUT2D eigenvalue weighted by atomic mass is 9.89. The van der Waals surface area contributed by atoms with Gasteiger partial charge in [0.1, 0.15) is 5.60 Å². The highest BCUT2D eigenvalue weighted by atomic mass is 16.6. The summed E-state index contributed by atoms with van der Waals surface area (Å²) in [5, 5.41) is 49.4. The first-order chi connectivity index (χ1) is 19.8. The molecule has 0 heterocycles. The van der Waals surface area contributed by atoms with Crippen molar-refractivity contribution in [2.75, 3.05) is 13.1 Å². The Morgan fingerprint density at radius 3 is 2.02 bits per heavy atom. The average molecular weight is 586 g/mol. The molecule has 3 rings (SSSR count). The first kappa shape index (κ1) is 33.3. The number of benzene rings is 2. The van der Waals surface area contributed by atoms with Gasteiger partial charge in [0.05, 0.1) is 35.9 Å². The van der Waals surface area contributed by atoms with Crippen molar-refractivity contribution in [1.82, 2.24) is 15.5 Å². The van der Waals surface area contributed by atoms with Crippen LogP contribution in [0.2, 0.25) is 0 Å². The van der Waals surface area contributed by atoms with Crippen molar-refractivity contribution in [3.63, 3.8) is 0 Å². The van der Waals surface area contributed by atoms with Crippen LogP contribution in [-0.4, -0.2) is 92.1 Å². The van der Waals surface area contributed by atoms with E-state index in [0.29, 0.717) is 25.7 Å². The van der Waals surface area contributed by atoms with Crippen molar-refractivity contribution >= 4 is 12.2 Å². The Morgan fingerprint density at radius 2 is 1.52 bits per heavy atom. The molecule has 1 saturated carbocycles. The van der Waals surface area contributed by atoms with E-state index in [1.807, 2.05) is 60.7 Å². The highest BCUT2D eigenvalue weighted by Gasteiger charge is 2.49. The molecule has 1 fully saturated rings. The second kappa shape index (κ2) is 14.8. The zero-order chi connectivity index (χ0) is 30.9. The molecule has 1 aliphatic carbocycles. The maximum Gasteiger partial charge on any atom is 0.408 e. The first-order valence-corrected chi connectivity index (χ1v) is 14.6. The number of carboxylic acid groups (broad SMARTS) is 1. The molecule has 10 nitrogen and oxygen atoms in total. The summed E-state index contributed by atoms with van der Waals surface area (Å²) < 4.78 is 5.40. The van der Waals surface area contributed by atoms with Crippen LogP contribution in [0.5, 0.6) is 0 Å². The van der Waals surface area contributed by atoms with Crippen LogP contribution in [-0.2, 0) is 17.6 Å². The number of hydrogen-bond donors (Lipinski definition) is 6. The number of carbonyl (C=O) groups excluding carboxylic acids is 1. The number of aliphatic hydroxyl groups is 3. The quantitative estimate of drug-likeness (QED) is 0.210. The van der Waals surface area contributed by atoms with Crippen LogP contribution in [0.4, 0.5) is 9.59 Å². The summed E-state index contributed by atoms with van der Waals surface area (Å²) in [7, 11) is 0. The van der Waals surface area contributed by atoms with Crippen molar-refractivity contribution in [2.24, 2.45) is 0 Å². The van der Waals surface area contributed by atoms with Gasteiger partial charge in [-0.3, -0.25) is 4.90 Å². The summed E-state index contributed by atoms with van der Waals surface area (Å²) in [6.45, 7) is 7.02. The summed E-state index contributed by atoms with van der Waals surface area (Å²) in [4.78, 5) is 26.4. The SMILES string of the molecule is CC(C)(C)OC(=O)N[C@@H](Cc1ccccc1)[C@H](O)CNC[C@@H](O)[C@H](Cc1ccccc1)N(C(=O)O)C1(C)CCCC1O. The fourth-order valence-electron chi connectivity index (χ4n) is 5.67. The first-order valence-electron chi connectivity index (χ1n) is 14.6. The Morgan fingerprint density at radius 1 is 0.976 bits per heavy atom. The molecule has 0 bridgehead atoms. The summed E-state index contributed by atoms with van der Waals surface area (Å²) in [5.74, 6) is 0. The van der Waals surface area contributed by atoms with E-state index < -0.39 is 53.7 Å². The summed E-state index contributed by atoms with van der Waals surface area (Å²) in [6.07, 6.45) is -2.61. The van der Waals surface area contributed by atoms with Crippen molar-refractivity contribution in [2.45, 2.75) is 101 Å². The third-order valence-electron chi connectivity index (χ3n) is 7.87. The van der Waals surface area contributed by atoms with Crippen LogP contribution in [0, 0.1) is 0 Å². The molecule has 0 aromatic heterocycles. The maximum absolute atomic E-state index is 12.6. The molecule has 10 heteroatoms. The van der Waals surface area contributed by atoms with Crippen LogP contribution < -0.4 is 10.6 Å². The topological polar surface area (TPSA) is 152 Å². The minimum atomic E-state index is -1.21. The molecule has 2 amide bonds. The lowest BCUT2D eigenvalue weighted by molar-refractivity contribution is -0.0458. The second-order valence-electron chi connectivity index (χ2n) is 12.4. The lowest BCUT2D eigenvalue weighted by Gasteiger charge is -2.45. The maximum atomic E-state index is 12.6. The number of aliphatic hydroxyl groups excluding tert-OH is 3. The molecule has 2 aromatic rings. The molecule has 2 unspecified atom stereocenters. The predicted molar refractivity (Wildman–Crippen MR) is 160 cm³/mol. The van der Waals surface area contributed by atoms with Gasteiger partial charge in [-0.05, 0) is 70.9 Å². The molecule has 232 valence electrons. The molecule has 6 atom stereocenters. The molecule has 42 heavy (non-hydrogen) atoms. The standard InChI is InChI=1S/C32H47N3O7/c1-31(2,3)42-29(39)34-24(18-22-12-7-5-8-13-22)26(36)20-33-21-27(37)25(19-23-14-9-6-10-15-23)35(30(40)41)32(4)17-11-16-28(32)38/h5-10,12-15,24-28,33,36-38H,11,16-21H2,1-4H3,(H,34,39)(H,40,41)/t24-,25-,26+,27+,28?,32?/m0/s1. The van der Waals surface area contributed by atoms with Crippen molar-refractivity contribution in [3.05, 3.63) is 71.8 Å². The van der Waals surface area contributed by atoms with E-state index in [0.717, 1.165) is 11.1 Å². The van der Waals surface area contributed by atoms with E-state index in [-0.39, 0.29) is 19.5 Å². The Labute approximate surface area is 248 Å². The summed E-state index contributed by atoms with van der Waals surface area (Å²) in [5.41, 5.74) is 0.0285. The Bertz CT molecular complexity index is 1130. The zero-order valence-corrected chi connectivity index (χ0v) is 25.1. The van der Waals surface area contributed by atoms with Gasteiger partial charge in [-0.25, -0.2) is 9.59 Å². The van der Waals surface area contributed by atoms with E-state index in [1.165, 1.54) is 4.90 Å². The van der Waals surface area contributed by atoms with Crippen molar-refractivity contribution in [3.8, 4) is 0 Å². The fraction of sp³-hybridized carbons (Fsp3) is 0.562. The monoisotopic (exact) mass is 585 g/mol. The Hall–Kier alpha value is -3.18. The largest absolute Gasteiger partial charge is 0.465 e. The van der Waals surface area contributed by atoms with Gasteiger partial charge in [0.15, 0.2) is 0 Å². The normalized spacial score (nSPS) is 21.6. The van der Waals surface area contributed by atoms with Crippen LogP contribution in [0.15, 0.2) is 60.7 Å². The van der Waals surface area contributed by atoms with Crippen LogP contribution in [0.25, 0.3) is 0 Å². The number of hydrogen-bond acceptors (Lipinski definition) is 7. The third kappa shape index (κ3) is 9.42. The number of alkyl carbamates (subject to hydrolysis) is 1. The summed E-state index contributed by atoms with van der Waals surface area (Å²) in [6, 6.07) is 17.2. The smallest absolute Gasteiger partial charge is 0.408 e. The molecular formula is C32H47N3O7. The molecule has 2 aromatic carbocycles. The Kier molecular flexibility index (Phi) is 11.8. The van der Waals surface area contributed by atoms with E-state index >= 15 is 0 Å². The zero-order valence-electron chi connectivity index (χ0n) is 25.1. The number of nitrogens with zero attached hydrogens (tertiary/aromatic N) is 1. The van der Waals surface area contributed by atoms with E-state index in [4.69, 9.17) is 4.74 Å². The highest BCUT2D eigenvalue weighted by molar-refractivity contribution is 5.68. The van der Waals surface area contributed by atoms with Gasteiger partial charge in [0, 0.05) is 13.1 Å². The van der Waals surface area contributed by atoms with Crippen molar-refractivity contribution in [1.29, 1.82) is 0 Å². The highest BCUT2D eigenvalue weighted by Crippen LogP contribution is 2.38. The van der Waals surface area contributed by atoms with Crippen molar-refractivity contribution < 1.29 is 34.8 Å². The van der Waals surface area contributed by atoms with Gasteiger partial charge >= 0.3 is 12.2 Å². The average Bonchev–Trinajstić information content (AvgIpc) is 3.25.